The van der Waals surface area contributed by atoms with E-state index >= 15 is 0 Å². The molecule has 2 nitrogen and oxygen atoms in total. The monoisotopic (exact) mass is 269 g/mol. The molecule has 0 heterocycles. The first kappa shape index (κ1) is 14.6. The molecule has 0 aliphatic rings. The highest BCUT2D eigenvalue weighted by Crippen LogP contribution is 2.27. The van der Waals surface area contributed by atoms with Gasteiger partial charge in [0.2, 0.25) is 0 Å². The van der Waals surface area contributed by atoms with Crippen LogP contribution in [0.1, 0.15) is 35.6 Å². The van der Waals surface area contributed by atoms with Crippen LogP contribution in [0.3, 0.4) is 0 Å². The first-order chi connectivity index (χ1) is 9.70. The molecule has 1 atom stereocenters. The Labute approximate surface area is 121 Å². The van der Waals surface area contributed by atoms with Crippen molar-refractivity contribution in [3.05, 3.63) is 65.2 Å². The third-order valence-corrected chi connectivity index (χ3v) is 3.61. The van der Waals surface area contributed by atoms with Gasteiger partial charge in [-0.1, -0.05) is 42.5 Å². The van der Waals surface area contributed by atoms with Crippen LogP contribution in [-0.4, -0.2) is 7.11 Å². The van der Waals surface area contributed by atoms with Crippen molar-refractivity contribution >= 4 is 0 Å². The number of benzene rings is 2. The molecule has 0 fully saturated rings. The molecule has 0 amide bonds. The van der Waals surface area contributed by atoms with Gasteiger partial charge in [-0.2, -0.15) is 0 Å². The van der Waals surface area contributed by atoms with Crippen LogP contribution in [0.2, 0.25) is 0 Å². The summed E-state index contributed by atoms with van der Waals surface area (Å²) in [6, 6.07) is 16.8. The van der Waals surface area contributed by atoms with Crippen LogP contribution in [-0.2, 0) is 6.42 Å². The third kappa shape index (κ3) is 3.84. The molecule has 0 aliphatic carbocycles. The summed E-state index contributed by atoms with van der Waals surface area (Å²) in [5.74, 6) is 0.900. The fourth-order valence-corrected chi connectivity index (χ4v) is 2.45. The van der Waals surface area contributed by atoms with Gasteiger partial charge in [0.1, 0.15) is 5.75 Å². The van der Waals surface area contributed by atoms with Crippen molar-refractivity contribution in [2.45, 2.75) is 32.2 Å². The molecular formula is C18H23NO. The van der Waals surface area contributed by atoms with E-state index in [9.17, 15) is 0 Å². The van der Waals surface area contributed by atoms with Crippen molar-refractivity contribution in [1.82, 2.24) is 0 Å². The number of hydrogen-bond acceptors (Lipinski definition) is 2. The lowest BCUT2D eigenvalue weighted by atomic mass is 9.98. The van der Waals surface area contributed by atoms with Crippen LogP contribution in [0, 0.1) is 6.92 Å². The average molecular weight is 269 g/mol. The van der Waals surface area contributed by atoms with Gasteiger partial charge in [-0.25, -0.2) is 0 Å². The van der Waals surface area contributed by atoms with E-state index in [0.717, 1.165) is 30.6 Å². The molecule has 0 aliphatic heterocycles. The molecule has 2 aromatic rings. The lowest BCUT2D eigenvalue weighted by molar-refractivity contribution is 0.403. The fraction of sp³-hybridized carbons (Fsp3) is 0.333. The summed E-state index contributed by atoms with van der Waals surface area (Å²) in [6.07, 6.45) is 3.12. The van der Waals surface area contributed by atoms with Gasteiger partial charge >= 0.3 is 0 Å². The van der Waals surface area contributed by atoms with E-state index in [4.69, 9.17) is 10.5 Å². The SMILES string of the molecule is COc1cc(C)ccc1C(N)CCCc1ccccc1. The summed E-state index contributed by atoms with van der Waals surface area (Å²) in [4.78, 5) is 0. The lowest BCUT2D eigenvalue weighted by Crippen LogP contribution is -2.12. The zero-order chi connectivity index (χ0) is 14.4. The second-order valence-corrected chi connectivity index (χ2v) is 5.23. The molecule has 2 heteroatoms. The number of aryl methyl sites for hydroxylation is 2. The molecular weight excluding hydrogens is 246 g/mol. The molecule has 0 spiro atoms. The Morgan fingerprint density at radius 2 is 1.85 bits per heavy atom. The number of rotatable bonds is 6. The van der Waals surface area contributed by atoms with Gasteiger partial charge < -0.3 is 10.5 Å². The van der Waals surface area contributed by atoms with Gasteiger partial charge in [-0.3, -0.25) is 0 Å². The molecule has 0 aromatic heterocycles. The maximum Gasteiger partial charge on any atom is 0.123 e. The Kier molecular flexibility index (Phi) is 5.19. The molecule has 2 aromatic carbocycles. The standard InChI is InChI=1S/C18H23NO/c1-14-11-12-16(18(13-14)20-2)17(19)10-6-9-15-7-4-3-5-8-15/h3-5,7-8,11-13,17H,6,9-10,19H2,1-2H3. The van der Waals surface area contributed by atoms with Crippen molar-refractivity contribution in [2.24, 2.45) is 5.73 Å². The van der Waals surface area contributed by atoms with Crippen molar-refractivity contribution in [2.75, 3.05) is 7.11 Å². The summed E-state index contributed by atoms with van der Waals surface area (Å²) >= 11 is 0. The van der Waals surface area contributed by atoms with E-state index in [2.05, 4.69) is 43.3 Å². The Hall–Kier alpha value is -1.80. The zero-order valence-corrected chi connectivity index (χ0v) is 12.3. The Morgan fingerprint density at radius 3 is 2.55 bits per heavy atom. The lowest BCUT2D eigenvalue weighted by Gasteiger charge is -2.16. The highest BCUT2D eigenvalue weighted by molar-refractivity contribution is 5.39. The van der Waals surface area contributed by atoms with E-state index in [1.807, 2.05) is 12.1 Å². The second kappa shape index (κ2) is 7.11. The van der Waals surface area contributed by atoms with Crippen molar-refractivity contribution in [3.8, 4) is 5.75 Å². The minimum atomic E-state index is 0.0364. The predicted octanol–water partition coefficient (Wildman–Crippen LogP) is 4.03. The third-order valence-electron chi connectivity index (χ3n) is 3.61. The van der Waals surface area contributed by atoms with Gasteiger partial charge in [0.25, 0.3) is 0 Å². The van der Waals surface area contributed by atoms with Gasteiger partial charge in [-0.15, -0.1) is 0 Å². The first-order valence-corrected chi connectivity index (χ1v) is 7.14. The Balaban J connectivity index is 1.93. The topological polar surface area (TPSA) is 35.2 Å². The second-order valence-electron chi connectivity index (χ2n) is 5.23. The summed E-state index contributed by atoms with van der Waals surface area (Å²) in [5, 5.41) is 0. The van der Waals surface area contributed by atoms with Gasteiger partial charge in [0, 0.05) is 11.6 Å². The highest BCUT2D eigenvalue weighted by atomic mass is 16.5. The molecule has 0 bridgehead atoms. The molecule has 2 N–H and O–H groups in total. The van der Waals surface area contributed by atoms with Crippen LogP contribution in [0.4, 0.5) is 0 Å². The summed E-state index contributed by atoms with van der Waals surface area (Å²) in [5.41, 5.74) is 9.98. The molecule has 0 saturated heterocycles. The van der Waals surface area contributed by atoms with Crippen LogP contribution in [0.5, 0.6) is 5.75 Å². The highest BCUT2D eigenvalue weighted by Gasteiger charge is 2.11. The van der Waals surface area contributed by atoms with E-state index in [1.54, 1.807) is 7.11 Å². The van der Waals surface area contributed by atoms with Crippen LogP contribution in [0.15, 0.2) is 48.5 Å². The molecule has 20 heavy (non-hydrogen) atoms. The first-order valence-electron chi connectivity index (χ1n) is 7.14. The average Bonchev–Trinajstić information content (AvgIpc) is 2.48. The smallest absolute Gasteiger partial charge is 0.123 e. The van der Waals surface area contributed by atoms with Crippen LogP contribution in [0.25, 0.3) is 0 Å². The van der Waals surface area contributed by atoms with Gasteiger partial charge in [0.15, 0.2) is 0 Å². The van der Waals surface area contributed by atoms with Gasteiger partial charge in [-0.05, 0) is 43.4 Å². The summed E-state index contributed by atoms with van der Waals surface area (Å²) in [6.45, 7) is 2.06. The number of ether oxygens (including phenoxy) is 1. The zero-order valence-electron chi connectivity index (χ0n) is 12.3. The molecule has 106 valence electrons. The van der Waals surface area contributed by atoms with E-state index < -0.39 is 0 Å². The van der Waals surface area contributed by atoms with Crippen molar-refractivity contribution in [3.63, 3.8) is 0 Å². The number of methoxy groups -OCH3 is 1. The summed E-state index contributed by atoms with van der Waals surface area (Å²) in [7, 11) is 1.70. The van der Waals surface area contributed by atoms with Crippen molar-refractivity contribution < 1.29 is 4.74 Å². The fourth-order valence-electron chi connectivity index (χ4n) is 2.45. The largest absolute Gasteiger partial charge is 0.496 e. The van der Waals surface area contributed by atoms with Crippen LogP contribution < -0.4 is 10.5 Å². The molecule has 0 radical (unpaired) electrons. The molecule has 2 rings (SSSR count). The quantitative estimate of drug-likeness (QED) is 0.859. The maximum atomic E-state index is 6.31. The Bertz CT molecular complexity index is 536. The normalized spacial score (nSPS) is 12.2. The maximum absolute atomic E-state index is 6.31. The predicted molar refractivity (Wildman–Crippen MR) is 84.0 cm³/mol. The summed E-state index contributed by atoms with van der Waals surface area (Å²) < 4.78 is 5.43. The Morgan fingerprint density at radius 1 is 1.10 bits per heavy atom. The number of hydrogen-bond donors (Lipinski definition) is 1. The molecule has 0 saturated carbocycles. The minimum Gasteiger partial charge on any atom is -0.496 e. The molecule has 1 unspecified atom stereocenters. The van der Waals surface area contributed by atoms with E-state index in [1.165, 1.54) is 11.1 Å². The van der Waals surface area contributed by atoms with E-state index in [0.29, 0.717) is 0 Å². The van der Waals surface area contributed by atoms with E-state index in [-0.39, 0.29) is 6.04 Å². The van der Waals surface area contributed by atoms with Crippen LogP contribution >= 0.6 is 0 Å². The van der Waals surface area contributed by atoms with Gasteiger partial charge in [0.05, 0.1) is 7.11 Å². The van der Waals surface area contributed by atoms with Crippen molar-refractivity contribution in [1.29, 1.82) is 0 Å². The minimum absolute atomic E-state index is 0.0364. The number of nitrogens with two attached hydrogens (primary N) is 1.